The van der Waals surface area contributed by atoms with Crippen LogP contribution < -0.4 is 0 Å². The summed E-state index contributed by atoms with van der Waals surface area (Å²) in [5, 5.41) is 4.01. The molecule has 3 aromatic rings. The van der Waals surface area contributed by atoms with Crippen molar-refractivity contribution in [2.45, 2.75) is 25.5 Å². The van der Waals surface area contributed by atoms with E-state index in [1.807, 2.05) is 30.3 Å². The van der Waals surface area contributed by atoms with Crippen LogP contribution in [0.15, 0.2) is 53.6 Å². The second kappa shape index (κ2) is 8.13. The zero-order chi connectivity index (χ0) is 18.5. The molecule has 0 saturated carbocycles. The molecule has 27 heavy (non-hydrogen) atoms. The van der Waals surface area contributed by atoms with Gasteiger partial charge in [-0.05, 0) is 5.56 Å². The Morgan fingerprint density at radius 3 is 2.89 bits per heavy atom. The van der Waals surface area contributed by atoms with Crippen LogP contribution in [0.5, 0.6) is 0 Å². The van der Waals surface area contributed by atoms with E-state index >= 15 is 0 Å². The van der Waals surface area contributed by atoms with E-state index in [0.29, 0.717) is 51.0 Å². The van der Waals surface area contributed by atoms with E-state index in [9.17, 15) is 4.79 Å². The van der Waals surface area contributed by atoms with E-state index in [2.05, 4.69) is 15.1 Å². The smallest absolute Gasteiger partial charge is 0.242 e. The number of ether oxygens (including phenoxy) is 1. The molecule has 8 heteroatoms. The first-order valence-corrected chi connectivity index (χ1v) is 8.95. The number of hydrogen-bond donors (Lipinski definition) is 0. The molecular weight excluding hydrogens is 346 g/mol. The van der Waals surface area contributed by atoms with Crippen molar-refractivity contribution in [3.05, 3.63) is 66.3 Å². The first-order valence-electron chi connectivity index (χ1n) is 8.95. The summed E-state index contributed by atoms with van der Waals surface area (Å²) in [5.74, 6) is 1.42. The van der Waals surface area contributed by atoms with Crippen molar-refractivity contribution in [3.63, 3.8) is 0 Å². The zero-order valence-electron chi connectivity index (χ0n) is 14.9. The Labute approximate surface area is 156 Å². The molecule has 1 fully saturated rings. The number of amides is 1. The van der Waals surface area contributed by atoms with Crippen molar-refractivity contribution in [1.29, 1.82) is 0 Å². The summed E-state index contributed by atoms with van der Waals surface area (Å²) in [4.78, 5) is 22.3. The third-order valence-corrected chi connectivity index (χ3v) is 4.53. The minimum Gasteiger partial charge on any atom is -0.376 e. The van der Waals surface area contributed by atoms with Gasteiger partial charge in [0.25, 0.3) is 0 Å². The van der Waals surface area contributed by atoms with Crippen LogP contribution in [0.1, 0.15) is 23.2 Å². The lowest BCUT2D eigenvalue weighted by Crippen LogP contribution is -2.49. The van der Waals surface area contributed by atoms with Crippen LogP contribution in [0.4, 0.5) is 0 Å². The maximum atomic E-state index is 12.2. The maximum absolute atomic E-state index is 12.2. The van der Waals surface area contributed by atoms with Crippen LogP contribution in [0.25, 0.3) is 0 Å². The molecule has 0 radical (unpaired) electrons. The summed E-state index contributed by atoms with van der Waals surface area (Å²) < 4.78 is 12.8. The lowest BCUT2D eigenvalue weighted by molar-refractivity contribution is -0.136. The Balaban J connectivity index is 1.18. The van der Waals surface area contributed by atoms with Crippen LogP contribution in [-0.2, 0) is 29.1 Å². The minimum absolute atomic E-state index is 0.0679. The fourth-order valence-electron chi connectivity index (χ4n) is 2.94. The summed E-state index contributed by atoms with van der Waals surface area (Å²) >= 11 is 0. The molecule has 4 rings (SSSR count). The standard InChI is InChI=1S/C19H21N5O3/c25-18(12-23-8-7-20-14-23)24-10-16(11-24)19-21-17(22-27-19)6-9-26-13-15-4-2-1-3-5-15/h1-5,7-8,14,16H,6,9-13H2. The SMILES string of the molecule is O=C(Cn1ccnc1)N1CC(c2nc(CCOCc3ccccc3)no2)C1. The molecule has 1 aliphatic rings. The summed E-state index contributed by atoms with van der Waals surface area (Å²) in [6.45, 7) is 2.64. The first-order chi connectivity index (χ1) is 13.3. The number of aromatic nitrogens is 4. The highest BCUT2D eigenvalue weighted by molar-refractivity contribution is 5.77. The van der Waals surface area contributed by atoms with Gasteiger partial charge in [0.05, 0.1) is 25.5 Å². The Kier molecular flexibility index (Phi) is 5.24. The molecule has 0 unspecified atom stereocenters. The molecule has 3 heterocycles. The molecule has 0 atom stereocenters. The molecular formula is C19H21N5O3. The number of rotatable bonds is 8. The van der Waals surface area contributed by atoms with Gasteiger partial charge in [0.15, 0.2) is 5.82 Å². The predicted octanol–water partition coefficient (Wildman–Crippen LogP) is 1.65. The van der Waals surface area contributed by atoms with Crippen molar-refractivity contribution < 1.29 is 14.1 Å². The van der Waals surface area contributed by atoms with Gasteiger partial charge < -0.3 is 18.7 Å². The van der Waals surface area contributed by atoms with E-state index in [1.54, 1.807) is 28.2 Å². The van der Waals surface area contributed by atoms with Gasteiger partial charge in [-0.25, -0.2) is 4.98 Å². The Hall–Kier alpha value is -3.00. The van der Waals surface area contributed by atoms with Gasteiger partial charge in [-0.3, -0.25) is 4.79 Å². The van der Waals surface area contributed by atoms with E-state index in [4.69, 9.17) is 9.26 Å². The number of imidazole rings is 1. The highest BCUT2D eigenvalue weighted by Gasteiger charge is 2.35. The van der Waals surface area contributed by atoms with Crippen LogP contribution in [0.2, 0.25) is 0 Å². The molecule has 1 aromatic carbocycles. The molecule has 1 saturated heterocycles. The van der Waals surface area contributed by atoms with Crippen molar-refractivity contribution >= 4 is 5.91 Å². The Morgan fingerprint density at radius 1 is 1.26 bits per heavy atom. The van der Waals surface area contributed by atoms with Crippen LogP contribution in [0.3, 0.4) is 0 Å². The normalized spacial score (nSPS) is 14.3. The van der Waals surface area contributed by atoms with Gasteiger partial charge in [-0.1, -0.05) is 35.5 Å². The summed E-state index contributed by atoms with van der Waals surface area (Å²) in [7, 11) is 0. The number of nitrogens with zero attached hydrogens (tertiary/aromatic N) is 5. The van der Waals surface area contributed by atoms with Crippen molar-refractivity contribution in [2.75, 3.05) is 19.7 Å². The fourth-order valence-corrected chi connectivity index (χ4v) is 2.94. The number of likely N-dealkylation sites (tertiary alicyclic amines) is 1. The number of benzene rings is 1. The third kappa shape index (κ3) is 4.40. The molecule has 140 valence electrons. The summed E-state index contributed by atoms with van der Waals surface area (Å²) in [5.41, 5.74) is 1.14. The van der Waals surface area contributed by atoms with Gasteiger partial charge in [-0.2, -0.15) is 4.98 Å². The number of hydrogen-bond acceptors (Lipinski definition) is 6. The third-order valence-electron chi connectivity index (χ3n) is 4.53. The predicted molar refractivity (Wildman–Crippen MR) is 95.6 cm³/mol. The average Bonchev–Trinajstić information content (AvgIpc) is 3.31. The van der Waals surface area contributed by atoms with Gasteiger partial charge >= 0.3 is 0 Å². The monoisotopic (exact) mass is 367 g/mol. The topological polar surface area (TPSA) is 86.3 Å². The summed E-state index contributed by atoms with van der Waals surface area (Å²) in [6, 6.07) is 10.0. The van der Waals surface area contributed by atoms with Gasteiger partial charge in [0.2, 0.25) is 11.8 Å². The molecule has 0 bridgehead atoms. The first kappa shape index (κ1) is 17.4. The van der Waals surface area contributed by atoms with E-state index in [1.165, 1.54) is 0 Å². The number of carbonyl (C=O) groups is 1. The molecule has 2 aromatic heterocycles. The Morgan fingerprint density at radius 2 is 2.11 bits per heavy atom. The maximum Gasteiger partial charge on any atom is 0.242 e. The highest BCUT2D eigenvalue weighted by Crippen LogP contribution is 2.26. The van der Waals surface area contributed by atoms with E-state index < -0.39 is 0 Å². The van der Waals surface area contributed by atoms with Gasteiger partial charge in [0.1, 0.15) is 6.54 Å². The molecule has 0 aliphatic carbocycles. The lowest BCUT2D eigenvalue weighted by atomic mass is 10.00. The molecule has 0 N–H and O–H groups in total. The van der Waals surface area contributed by atoms with E-state index in [-0.39, 0.29) is 11.8 Å². The minimum atomic E-state index is 0.0679. The van der Waals surface area contributed by atoms with Gasteiger partial charge in [0, 0.05) is 31.9 Å². The van der Waals surface area contributed by atoms with Crippen LogP contribution >= 0.6 is 0 Å². The molecule has 0 spiro atoms. The molecule has 1 aliphatic heterocycles. The van der Waals surface area contributed by atoms with Crippen molar-refractivity contribution in [1.82, 2.24) is 24.6 Å². The zero-order valence-corrected chi connectivity index (χ0v) is 14.9. The molecule has 8 nitrogen and oxygen atoms in total. The quantitative estimate of drug-likeness (QED) is 0.563. The van der Waals surface area contributed by atoms with Crippen molar-refractivity contribution in [2.24, 2.45) is 0 Å². The second-order valence-electron chi connectivity index (χ2n) is 6.57. The Bertz CT molecular complexity index is 857. The summed E-state index contributed by atoms with van der Waals surface area (Å²) in [6.07, 6.45) is 5.68. The highest BCUT2D eigenvalue weighted by atomic mass is 16.5. The number of carbonyl (C=O) groups excluding carboxylic acids is 1. The lowest BCUT2D eigenvalue weighted by Gasteiger charge is -2.37. The largest absolute Gasteiger partial charge is 0.376 e. The fraction of sp³-hybridized carbons (Fsp3) is 0.368. The second-order valence-corrected chi connectivity index (χ2v) is 6.57. The average molecular weight is 367 g/mol. The van der Waals surface area contributed by atoms with E-state index in [0.717, 1.165) is 5.56 Å². The molecule has 1 amide bonds. The van der Waals surface area contributed by atoms with Crippen LogP contribution in [-0.4, -0.2) is 50.2 Å². The van der Waals surface area contributed by atoms with Gasteiger partial charge in [-0.15, -0.1) is 0 Å². The van der Waals surface area contributed by atoms with Crippen molar-refractivity contribution in [3.8, 4) is 0 Å². The van der Waals surface area contributed by atoms with Crippen LogP contribution in [0, 0.1) is 0 Å².